The normalized spacial score (nSPS) is 12.3. The third kappa shape index (κ3) is 5.44. The molecule has 0 aliphatic heterocycles. The van der Waals surface area contributed by atoms with Crippen LogP contribution in [-0.4, -0.2) is 17.9 Å². The lowest BCUT2D eigenvalue weighted by Crippen LogP contribution is -2.42. The third-order valence-electron chi connectivity index (χ3n) is 3.64. The zero-order valence-electron chi connectivity index (χ0n) is 14.1. The molecule has 27 heavy (non-hydrogen) atoms. The van der Waals surface area contributed by atoms with E-state index >= 15 is 0 Å². The summed E-state index contributed by atoms with van der Waals surface area (Å²) in [5.41, 5.74) is 4.62. The van der Waals surface area contributed by atoms with Gasteiger partial charge in [-0.1, -0.05) is 12.1 Å². The number of nitrogens with one attached hydrogen (secondary N) is 1. The van der Waals surface area contributed by atoms with E-state index in [9.17, 15) is 27.2 Å². The highest BCUT2D eigenvalue weighted by molar-refractivity contribution is 5.97. The first-order valence-electron chi connectivity index (χ1n) is 7.76. The number of nitrogens with two attached hydrogens (primary N) is 1. The van der Waals surface area contributed by atoms with E-state index in [0.717, 1.165) is 18.2 Å². The summed E-state index contributed by atoms with van der Waals surface area (Å²) in [5.74, 6) is -2.43. The summed E-state index contributed by atoms with van der Waals surface area (Å²) in [6, 6.07) is 6.77. The first-order valence-corrected chi connectivity index (χ1v) is 7.76. The zero-order chi connectivity index (χ0) is 20.2. The van der Waals surface area contributed by atoms with Crippen molar-refractivity contribution in [1.29, 1.82) is 0 Å². The number of hydrogen-bond donors (Lipinski definition) is 2. The average molecular weight is 384 g/mol. The van der Waals surface area contributed by atoms with E-state index < -0.39 is 35.4 Å². The number of alkyl halides is 3. The number of halogens is 4. The monoisotopic (exact) mass is 384 g/mol. The second kappa shape index (κ2) is 8.07. The molecule has 1 atom stereocenters. The lowest BCUT2D eigenvalue weighted by molar-refractivity contribution is -0.137. The van der Waals surface area contributed by atoms with E-state index in [1.165, 1.54) is 31.2 Å². The molecule has 2 amide bonds. The molecule has 0 unspecified atom stereocenters. The summed E-state index contributed by atoms with van der Waals surface area (Å²) in [7, 11) is 0. The zero-order valence-corrected chi connectivity index (χ0v) is 14.1. The molecule has 3 N–H and O–H groups in total. The lowest BCUT2D eigenvalue weighted by atomic mass is 10.1. The number of carbonyl (C=O) groups excluding carboxylic acids is 2. The van der Waals surface area contributed by atoms with Crippen molar-refractivity contribution in [2.24, 2.45) is 5.73 Å². The van der Waals surface area contributed by atoms with Crippen LogP contribution in [0.3, 0.4) is 0 Å². The van der Waals surface area contributed by atoms with E-state index in [1.54, 1.807) is 0 Å². The molecule has 5 nitrogen and oxygen atoms in total. The van der Waals surface area contributed by atoms with Gasteiger partial charge in [0.15, 0.2) is 11.6 Å². The molecule has 0 fully saturated rings. The Balaban J connectivity index is 2.02. The molecule has 0 bridgehead atoms. The van der Waals surface area contributed by atoms with Crippen LogP contribution < -0.4 is 15.8 Å². The number of ether oxygens (including phenoxy) is 1. The van der Waals surface area contributed by atoms with Gasteiger partial charge in [0.1, 0.15) is 12.6 Å². The molecular formula is C18H16F4N2O3. The summed E-state index contributed by atoms with van der Waals surface area (Å²) < 4.78 is 56.9. The molecule has 144 valence electrons. The van der Waals surface area contributed by atoms with Gasteiger partial charge in [-0.3, -0.25) is 9.59 Å². The van der Waals surface area contributed by atoms with Gasteiger partial charge in [0, 0.05) is 5.56 Å². The fourth-order valence-corrected chi connectivity index (χ4v) is 2.06. The van der Waals surface area contributed by atoms with Crippen molar-refractivity contribution < 1.29 is 31.9 Å². The molecule has 2 aromatic rings. The summed E-state index contributed by atoms with van der Waals surface area (Å²) >= 11 is 0. The minimum Gasteiger partial charge on any atom is -0.486 e. The maximum absolute atomic E-state index is 14.1. The van der Waals surface area contributed by atoms with Gasteiger partial charge in [0.05, 0.1) is 5.56 Å². The van der Waals surface area contributed by atoms with Crippen LogP contribution in [0.5, 0.6) is 5.75 Å². The van der Waals surface area contributed by atoms with Crippen molar-refractivity contribution in [2.75, 3.05) is 0 Å². The van der Waals surface area contributed by atoms with Gasteiger partial charge in [-0.05, 0) is 42.8 Å². The number of carbonyl (C=O) groups is 2. The summed E-state index contributed by atoms with van der Waals surface area (Å²) in [6.45, 7) is 1.23. The average Bonchev–Trinajstić information content (AvgIpc) is 2.60. The third-order valence-corrected chi connectivity index (χ3v) is 3.64. The second-order valence-corrected chi connectivity index (χ2v) is 5.73. The van der Waals surface area contributed by atoms with Crippen LogP contribution >= 0.6 is 0 Å². The molecule has 0 radical (unpaired) electrons. The quantitative estimate of drug-likeness (QED) is 0.752. The Hall–Kier alpha value is -3.10. The van der Waals surface area contributed by atoms with Crippen LogP contribution in [-0.2, 0) is 17.6 Å². The fraction of sp³-hybridized carbons (Fsp3) is 0.222. The molecular weight excluding hydrogens is 368 g/mol. The van der Waals surface area contributed by atoms with Crippen molar-refractivity contribution in [2.45, 2.75) is 25.7 Å². The number of benzene rings is 2. The predicted octanol–water partition coefficient (Wildman–Crippen LogP) is 3.03. The van der Waals surface area contributed by atoms with E-state index in [4.69, 9.17) is 10.5 Å². The summed E-state index contributed by atoms with van der Waals surface area (Å²) in [4.78, 5) is 22.8. The molecule has 0 saturated heterocycles. The second-order valence-electron chi connectivity index (χ2n) is 5.73. The van der Waals surface area contributed by atoms with Gasteiger partial charge in [0.2, 0.25) is 5.91 Å². The van der Waals surface area contributed by atoms with Crippen molar-refractivity contribution in [1.82, 2.24) is 5.32 Å². The van der Waals surface area contributed by atoms with Gasteiger partial charge in [-0.25, -0.2) is 4.39 Å². The Kier molecular flexibility index (Phi) is 6.04. The molecule has 0 aliphatic carbocycles. The molecule has 0 spiro atoms. The SMILES string of the molecule is C[C@@H](NC(=O)c1ccc(OCc2ccc(C(F)(F)F)cc2)c(F)c1)C(N)=O. The van der Waals surface area contributed by atoms with Crippen LogP contribution in [0.15, 0.2) is 42.5 Å². The molecule has 0 aromatic heterocycles. The standard InChI is InChI=1S/C18H16F4N2O3/c1-10(16(23)25)24-17(26)12-4-7-15(14(19)8-12)27-9-11-2-5-13(6-3-11)18(20,21)22/h2-8,10H,9H2,1H3,(H2,23,25)(H,24,26)/t10-/m1/s1. The van der Waals surface area contributed by atoms with Gasteiger partial charge in [-0.15, -0.1) is 0 Å². The highest BCUT2D eigenvalue weighted by Gasteiger charge is 2.29. The Morgan fingerprint density at radius 3 is 2.30 bits per heavy atom. The first kappa shape index (κ1) is 20.2. The molecule has 0 heterocycles. The smallest absolute Gasteiger partial charge is 0.416 e. The molecule has 2 rings (SSSR count). The Morgan fingerprint density at radius 2 is 1.78 bits per heavy atom. The number of amides is 2. The van der Waals surface area contributed by atoms with Gasteiger partial charge in [-0.2, -0.15) is 13.2 Å². The van der Waals surface area contributed by atoms with Crippen LogP contribution in [0, 0.1) is 5.82 Å². The number of primary amides is 1. The van der Waals surface area contributed by atoms with Gasteiger partial charge in [0.25, 0.3) is 5.91 Å². The fourth-order valence-electron chi connectivity index (χ4n) is 2.06. The number of hydrogen-bond acceptors (Lipinski definition) is 3. The maximum Gasteiger partial charge on any atom is 0.416 e. The molecule has 9 heteroatoms. The van der Waals surface area contributed by atoms with Crippen LogP contribution in [0.4, 0.5) is 17.6 Å². The minimum absolute atomic E-state index is 0.0394. The van der Waals surface area contributed by atoms with Crippen LogP contribution in [0.1, 0.15) is 28.4 Å². The van der Waals surface area contributed by atoms with E-state index in [1.807, 2.05) is 0 Å². The largest absolute Gasteiger partial charge is 0.486 e. The highest BCUT2D eigenvalue weighted by atomic mass is 19.4. The lowest BCUT2D eigenvalue weighted by Gasteiger charge is -2.12. The highest BCUT2D eigenvalue weighted by Crippen LogP contribution is 2.29. The van der Waals surface area contributed by atoms with E-state index in [-0.39, 0.29) is 17.9 Å². The predicted molar refractivity (Wildman–Crippen MR) is 88.3 cm³/mol. The van der Waals surface area contributed by atoms with Crippen molar-refractivity contribution in [3.05, 3.63) is 65.0 Å². The Bertz CT molecular complexity index is 835. The molecule has 2 aromatic carbocycles. The maximum atomic E-state index is 14.1. The van der Waals surface area contributed by atoms with Crippen molar-refractivity contribution in [3.8, 4) is 5.75 Å². The first-order chi connectivity index (χ1) is 12.6. The Labute approximate surface area is 152 Å². The molecule has 0 saturated carbocycles. The van der Waals surface area contributed by atoms with Gasteiger partial charge < -0.3 is 15.8 Å². The summed E-state index contributed by atoms with van der Waals surface area (Å²) in [6.07, 6.45) is -4.44. The van der Waals surface area contributed by atoms with E-state index in [0.29, 0.717) is 5.56 Å². The van der Waals surface area contributed by atoms with Gasteiger partial charge >= 0.3 is 6.18 Å². The van der Waals surface area contributed by atoms with Crippen LogP contribution in [0.25, 0.3) is 0 Å². The van der Waals surface area contributed by atoms with E-state index in [2.05, 4.69) is 5.32 Å². The number of rotatable bonds is 6. The Morgan fingerprint density at radius 1 is 1.15 bits per heavy atom. The van der Waals surface area contributed by atoms with Crippen LogP contribution in [0.2, 0.25) is 0 Å². The summed E-state index contributed by atoms with van der Waals surface area (Å²) in [5, 5.41) is 2.30. The van der Waals surface area contributed by atoms with Crippen molar-refractivity contribution >= 4 is 11.8 Å². The van der Waals surface area contributed by atoms with Crippen molar-refractivity contribution in [3.63, 3.8) is 0 Å². The molecule has 0 aliphatic rings. The minimum atomic E-state index is -4.44. The topological polar surface area (TPSA) is 81.4 Å².